The molecule has 5 heteroatoms. The minimum atomic E-state index is -0.169. The van der Waals surface area contributed by atoms with Crippen LogP contribution >= 0.6 is 11.6 Å². The van der Waals surface area contributed by atoms with Crippen molar-refractivity contribution in [3.05, 3.63) is 29.7 Å². The molecule has 1 heterocycles. The van der Waals surface area contributed by atoms with Gasteiger partial charge in [-0.15, -0.1) is 11.6 Å². The van der Waals surface area contributed by atoms with E-state index in [0.29, 0.717) is 22.6 Å². The molecule has 0 spiro atoms. The number of para-hydroxylation sites is 1. The number of alkyl halides is 1. The van der Waals surface area contributed by atoms with Gasteiger partial charge in [0, 0.05) is 0 Å². The van der Waals surface area contributed by atoms with E-state index in [9.17, 15) is 4.79 Å². The van der Waals surface area contributed by atoms with Crippen LogP contribution in [0.4, 0.5) is 0 Å². The molecule has 78 valence electrons. The summed E-state index contributed by atoms with van der Waals surface area (Å²) in [7, 11) is 0. The predicted octanol–water partition coefficient (Wildman–Crippen LogP) is 1.71. The van der Waals surface area contributed by atoms with Gasteiger partial charge in [-0.1, -0.05) is 6.07 Å². The smallest absolute Gasteiger partial charge is 0.210 e. The van der Waals surface area contributed by atoms with Gasteiger partial charge in [0.15, 0.2) is 11.4 Å². The maximum atomic E-state index is 11.5. The number of fused-ring (bicyclic) bond motifs is 1. The summed E-state index contributed by atoms with van der Waals surface area (Å²) in [6.07, 6.45) is 0. The predicted molar refractivity (Wildman–Crippen MR) is 57.0 cm³/mol. The van der Waals surface area contributed by atoms with E-state index in [1.54, 1.807) is 18.2 Å². The second-order valence-electron chi connectivity index (χ2n) is 3.02. The van der Waals surface area contributed by atoms with E-state index >= 15 is 0 Å². The minimum Gasteiger partial charge on any atom is -0.439 e. The fraction of sp³-hybridized carbons (Fsp3) is 0.200. The van der Waals surface area contributed by atoms with Gasteiger partial charge in [0.25, 0.3) is 0 Å². The summed E-state index contributed by atoms with van der Waals surface area (Å²) in [5.41, 5.74) is 6.85. The topological polar surface area (TPSA) is 69.1 Å². The van der Waals surface area contributed by atoms with E-state index in [4.69, 9.17) is 21.8 Å². The molecule has 1 aromatic carbocycles. The number of nitrogens with two attached hydrogens (primary N) is 1. The number of ketones is 1. The van der Waals surface area contributed by atoms with Crippen molar-refractivity contribution in [3.63, 3.8) is 0 Å². The quantitative estimate of drug-likeness (QED) is 0.637. The van der Waals surface area contributed by atoms with Gasteiger partial charge in [-0.2, -0.15) is 0 Å². The van der Waals surface area contributed by atoms with Crippen LogP contribution in [-0.4, -0.2) is 17.3 Å². The SMILES string of the molecule is NCC(=O)c1cccc2nc(CCl)oc12. The van der Waals surface area contributed by atoms with Gasteiger partial charge in [-0.3, -0.25) is 4.79 Å². The Morgan fingerprint density at radius 2 is 2.33 bits per heavy atom. The number of Topliss-reactive ketones (excluding diaryl/α,β-unsaturated/α-hetero) is 1. The molecule has 0 aliphatic carbocycles. The Kier molecular flexibility index (Phi) is 2.70. The van der Waals surface area contributed by atoms with E-state index in [1.165, 1.54) is 0 Å². The molecule has 0 amide bonds. The van der Waals surface area contributed by atoms with Crippen molar-refractivity contribution in [2.24, 2.45) is 5.73 Å². The van der Waals surface area contributed by atoms with E-state index in [-0.39, 0.29) is 18.2 Å². The molecule has 0 saturated carbocycles. The minimum absolute atomic E-state index is 0.0456. The number of carbonyl (C=O) groups excluding carboxylic acids is 1. The molecule has 1 aromatic heterocycles. The Morgan fingerprint density at radius 1 is 1.53 bits per heavy atom. The van der Waals surface area contributed by atoms with E-state index in [2.05, 4.69) is 4.98 Å². The fourth-order valence-electron chi connectivity index (χ4n) is 1.38. The summed E-state index contributed by atoms with van der Waals surface area (Å²) < 4.78 is 5.35. The highest BCUT2D eigenvalue weighted by atomic mass is 35.5. The number of benzene rings is 1. The third-order valence-electron chi connectivity index (χ3n) is 2.06. The van der Waals surface area contributed by atoms with E-state index < -0.39 is 0 Å². The van der Waals surface area contributed by atoms with Crippen LogP contribution < -0.4 is 5.73 Å². The average Bonchev–Trinajstić information content (AvgIpc) is 2.70. The molecular formula is C10H9ClN2O2. The monoisotopic (exact) mass is 224 g/mol. The van der Waals surface area contributed by atoms with Crippen molar-refractivity contribution in [2.75, 3.05) is 6.54 Å². The maximum Gasteiger partial charge on any atom is 0.210 e. The van der Waals surface area contributed by atoms with Gasteiger partial charge in [-0.25, -0.2) is 4.98 Å². The first-order chi connectivity index (χ1) is 7.26. The largest absolute Gasteiger partial charge is 0.439 e. The lowest BCUT2D eigenvalue weighted by Crippen LogP contribution is -2.13. The molecule has 0 saturated heterocycles. The molecule has 0 bridgehead atoms. The number of nitrogens with zero attached hydrogens (tertiary/aromatic N) is 1. The van der Waals surface area contributed by atoms with Crippen molar-refractivity contribution in [1.82, 2.24) is 4.98 Å². The number of hydrogen-bond acceptors (Lipinski definition) is 4. The van der Waals surface area contributed by atoms with Crippen LogP contribution in [0.15, 0.2) is 22.6 Å². The summed E-state index contributed by atoms with van der Waals surface area (Å²) in [5.74, 6) is 0.423. The number of oxazole rings is 1. The summed E-state index contributed by atoms with van der Waals surface area (Å²) in [5, 5.41) is 0. The van der Waals surface area contributed by atoms with Crippen LogP contribution in [0.2, 0.25) is 0 Å². The second kappa shape index (κ2) is 4.00. The summed E-state index contributed by atoms with van der Waals surface area (Å²) in [6, 6.07) is 5.18. The summed E-state index contributed by atoms with van der Waals surface area (Å²) in [4.78, 5) is 15.6. The molecule has 0 fully saturated rings. The van der Waals surface area contributed by atoms with Gasteiger partial charge >= 0.3 is 0 Å². The van der Waals surface area contributed by atoms with Crippen molar-refractivity contribution in [2.45, 2.75) is 5.88 Å². The van der Waals surface area contributed by atoms with Crippen LogP contribution in [0.3, 0.4) is 0 Å². The van der Waals surface area contributed by atoms with Gasteiger partial charge in [0.2, 0.25) is 5.89 Å². The molecule has 0 aliphatic rings. The first-order valence-corrected chi connectivity index (χ1v) is 4.97. The van der Waals surface area contributed by atoms with Gasteiger partial charge in [0.1, 0.15) is 5.52 Å². The van der Waals surface area contributed by atoms with Crippen molar-refractivity contribution in [1.29, 1.82) is 0 Å². The number of aromatic nitrogens is 1. The molecule has 2 N–H and O–H groups in total. The van der Waals surface area contributed by atoms with Crippen molar-refractivity contribution >= 4 is 28.5 Å². The van der Waals surface area contributed by atoms with E-state index in [0.717, 1.165) is 0 Å². The van der Waals surface area contributed by atoms with Gasteiger partial charge in [-0.05, 0) is 12.1 Å². The third kappa shape index (κ3) is 1.73. The molecule has 2 aromatic rings. The molecule has 4 nitrogen and oxygen atoms in total. The van der Waals surface area contributed by atoms with Crippen LogP contribution in [0, 0.1) is 0 Å². The Balaban J connectivity index is 2.64. The highest BCUT2D eigenvalue weighted by Gasteiger charge is 2.13. The number of hydrogen-bond donors (Lipinski definition) is 1. The van der Waals surface area contributed by atoms with Crippen LogP contribution in [0.1, 0.15) is 16.2 Å². The van der Waals surface area contributed by atoms with Crippen LogP contribution in [-0.2, 0) is 5.88 Å². The average molecular weight is 225 g/mol. The summed E-state index contributed by atoms with van der Waals surface area (Å²) >= 11 is 5.60. The molecule has 0 radical (unpaired) electrons. The zero-order valence-corrected chi connectivity index (χ0v) is 8.62. The second-order valence-corrected chi connectivity index (χ2v) is 3.29. The van der Waals surface area contributed by atoms with Crippen molar-refractivity contribution in [3.8, 4) is 0 Å². The molecule has 2 rings (SSSR count). The normalized spacial score (nSPS) is 10.8. The molecule has 0 aliphatic heterocycles. The Labute approximate surface area is 91.0 Å². The first-order valence-electron chi connectivity index (χ1n) is 4.44. The Bertz CT molecular complexity index is 507. The lowest BCUT2D eigenvalue weighted by Gasteiger charge is -1.96. The molecule has 0 unspecified atom stereocenters. The number of carbonyl (C=O) groups is 1. The lowest BCUT2D eigenvalue weighted by atomic mass is 10.1. The van der Waals surface area contributed by atoms with Gasteiger partial charge < -0.3 is 10.2 Å². The van der Waals surface area contributed by atoms with Crippen LogP contribution in [0.5, 0.6) is 0 Å². The highest BCUT2D eigenvalue weighted by Crippen LogP contribution is 2.21. The zero-order valence-electron chi connectivity index (χ0n) is 7.87. The molecule has 15 heavy (non-hydrogen) atoms. The molecule has 0 atom stereocenters. The number of rotatable bonds is 3. The Hall–Kier alpha value is -1.39. The summed E-state index contributed by atoms with van der Waals surface area (Å²) in [6.45, 7) is -0.0456. The van der Waals surface area contributed by atoms with E-state index in [1.807, 2.05) is 0 Å². The first kappa shape index (κ1) is 10.1. The number of halogens is 1. The molecular weight excluding hydrogens is 216 g/mol. The highest BCUT2D eigenvalue weighted by molar-refractivity contribution is 6.16. The van der Waals surface area contributed by atoms with Crippen molar-refractivity contribution < 1.29 is 9.21 Å². The lowest BCUT2D eigenvalue weighted by molar-refractivity contribution is 0.100. The maximum absolute atomic E-state index is 11.5. The fourth-order valence-corrected chi connectivity index (χ4v) is 1.50. The standard InChI is InChI=1S/C10H9ClN2O2/c11-4-9-13-7-3-1-2-6(8(14)5-12)10(7)15-9/h1-3H,4-5,12H2. The Morgan fingerprint density at radius 3 is 3.00 bits per heavy atom. The third-order valence-corrected chi connectivity index (χ3v) is 2.29. The van der Waals surface area contributed by atoms with Gasteiger partial charge in [0.05, 0.1) is 18.0 Å². The zero-order chi connectivity index (χ0) is 10.8. The van der Waals surface area contributed by atoms with Crippen LogP contribution in [0.25, 0.3) is 11.1 Å².